The molecule has 0 radical (unpaired) electrons. The van der Waals surface area contributed by atoms with Crippen LogP contribution >= 0.6 is 0 Å². The maximum atomic E-state index is 12.8. The SMILES string of the molecule is CCOc1ccccc1CNC(=O)CC1CCN(S(=O)(=O)c2ccc(C)cc2)CC1. The highest BCUT2D eigenvalue weighted by molar-refractivity contribution is 7.89. The number of aryl methyl sites for hydroxylation is 1. The van der Waals surface area contributed by atoms with Gasteiger partial charge < -0.3 is 10.1 Å². The predicted molar refractivity (Wildman–Crippen MR) is 117 cm³/mol. The minimum atomic E-state index is -3.47. The van der Waals surface area contributed by atoms with E-state index in [9.17, 15) is 13.2 Å². The van der Waals surface area contributed by atoms with Crippen molar-refractivity contribution in [2.75, 3.05) is 19.7 Å². The van der Waals surface area contributed by atoms with Gasteiger partial charge in [-0.3, -0.25) is 4.79 Å². The normalized spacial score (nSPS) is 15.7. The van der Waals surface area contributed by atoms with Crippen molar-refractivity contribution < 1.29 is 17.9 Å². The van der Waals surface area contributed by atoms with Gasteiger partial charge in [0, 0.05) is 31.6 Å². The van der Waals surface area contributed by atoms with Gasteiger partial charge in [-0.25, -0.2) is 8.42 Å². The van der Waals surface area contributed by atoms with Crippen molar-refractivity contribution in [2.24, 2.45) is 5.92 Å². The Balaban J connectivity index is 1.49. The van der Waals surface area contributed by atoms with Crippen LogP contribution in [0.2, 0.25) is 0 Å². The predicted octanol–water partition coefficient (Wildman–Crippen LogP) is 3.50. The van der Waals surface area contributed by atoms with E-state index in [1.807, 2.05) is 50.2 Å². The smallest absolute Gasteiger partial charge is 0.243 e. The van der Waals surface area contributed by atoms with E-state index < -0.39 is 10.0 Å². The second kappa shape index (κ2) is 10.1. The van der Waals surface area contributed by atoms with Crippen LogP contribution in [-0.4, -0.2) is 38.3 Å². The summed E-state index contributed by atoms with van der Waals surface area (Å²) in [6.07, 6.45) is 1.79. The number of rotatable bonds is 8. The van der Waals surface area contributed by atoms with Gasteiger partial charge in [-0.2, -0.15) is 4.31 Å². The molecule has 0 aromatic heterocycles. The highest BCUT2D eigenvalue weighted by atomic mass is 32.2. The number of ether oxygens (including phenoxy) is 1. The van der Waals surface area contributed by atoms with Crippen molar-refractivity contribution in [1.29, 1.82) is 0 Å². The quantitative estimate of drug-likeness (QED) is 0.695. The molecule has 1 aliphatic heterocycles. The standard InChI is InChI=1S/C23H30N2O4S/c1-3-29-22-7-5-4-6-20(22)17-24-23(26)16-19-12-14-25(15-13-19)30(27,28)21-10-8-18(2)9-11-21/h4-11,19H,3,12-17H2,1-2H3,(H,24,26). The van der Waals surface area contributed by atoms with Gasteiger partial charge in [0.15, 0.2) is 0 Å². The van der Waals surface area contributed by atoms with E-state index in [-0.39, 0.29) is 11.8 Å². The minimum absolute atomic E-state index is 0.0128. The van der Waals surface area contributed by atoms with E-state index in [0.29, 0.717) is 50.4 Å². The van der Waals surface area contributed by atoms with Gasteiger partial charge in [0.2, 0.25) is 15.9 Å². The molecule has 1 aliphatic rings. The first-order valence-corrected chi connectivity index (χ1v) is 11.9. The molecule has 0 atom stereocenters. The molecule has 0 unspecified atom stereocenters. The van der Waals surface area contributed by atoms with Gasteiger partial charge in [0.1, 0.15) is 5.75 Å². The third-order valence-electron chi connectivity index (χ3n) is 5.45. The number of benzene rings is 2. The number of nitrogens with zero attached hydrogens (tertiary/aromatic N) is 1. The zero-order chi connectivity index (χ0) is 21.6. The fourth-order valence-electron chi connectivity index (χ4n) is 3.69. The Morgan fingerprint density at radius 1 is 1.10 bits per heavy atom. The Morgan fingerprint density at radius 2 is 1.77 bits per heavy atom. The zero-order valence-electron chi connectivity index (χ0n) is 17.6. The number of para-hydroxylation sites is 1. The first-order chi connectivity index (χ1) is 14.4. The Hall–Kier alpha value is -2.38. The second-order valence-corrected chi connectivity index (χ2v) is 9.62. The first-order valence-electron chi connectivity index (χ1n) is 10.4. The van der Waals surface area contributed by atoms with Crippen molar-refractivity contribution in [3.63, 3.8) is 0 Å². The second-order valence-electron chi connectivity index (χ2n) is 7.68. The van der Waals surface area contributed by atoms with Gasteiger partial charge >= 0.3 is 0 Å². The summed E-state index contributed by atoms with van der Waals surface area (Å²) < 4.78 is 32.7. The van der Waals surface area contributed by atoms with Crippen LogP contribution in [0.5, 0.6) is 5.75 Å². The van der Waals surface area contributed by atoms with Crippen LogP contribution in [0.25, 0.3) is 0 Å². The van der Waals surface area contributed by atoms with Crippen LogP contribution in [0.15, 0.2) is 53.4 Å². The average molecular weight is 431 g/mol. The summed E-state index contributed by atoms with van der Waals surface area (Å²) in [4.78, 5) is 12.7. The molecule has 1 N–H and O–H groups in total. The highest BCUT2D eigenvalue weighted by Crippen LogP contribution is 2.26. The van der Waals surface area contributed by atoms with Crippen LogP contribution in [0.4, 0.5) is 0 Å². The fraction of sp³-hybridized carbons (Fsp3) is 0.435. The van der Waals surface area contributed by atoms with E-state index in [0.717, 1.165) is 16.9 Å². The number of carbonyl (C=O) groups is 1. The highest BCUT2D eigenvalue weighted by Gasteiger charge is 2.30. The molecule has 6 nitrogen and oxygen atoms in total. The lowest BCUT2D eigenvalue weighted by atomic mass is 9.94. The van der Waals surface area contributed by atoms with E-state index in [2.05, 4.69) is 5.32 Å². The van der Waals surface area contributed by atoms with Gasteiger partial charge in [0.05, 0.1) is 11.5 Å². The number of carbonyl (C=O) groups excluding carboxylic acids is 1. The molecule has 0 bridgehead atoms. The van der Waals surface area contributed by atoms with Crippen molar-refractivity contribution >= 4 is 15.9 Å². The number of nitrogens with one attached hydrogen (secondary N) is 1. The van der Waals surface area contributed by atoms with Crippen molar-refractivity contribution in [1.82, 2.24) is 9.62 Å². The van der Waals surface area contributed by atoms with Crippen molar-refractivity contribution in [3.8, 4) is 5.75 Å². The lowest BCUT2D eigenvalue weighted by Gasteiger charge is -2.31. The van der Waals surface area contributed by atoms with Gasteiger partial charge in [0.25, 0.3) is 0 Å². The maximum absolute atomic E-state index is 12.8. The van der Waals surface area contributed by atoms with Crippen LogP contribution in [-0.2, 0) is 21.4 Å². The summed E-state index contributed by atoms with van der Waals surface area (Å²) in [6.45, 7) is 5.76. The lowest BCUT2D eigenvalue weighted by molar-refractivity contribution is -0.122. The zero-order valence-corrected chi connectivity index (χ0v) is 18.5. The van der Waals surface area contributed by atoms with Crippen LogP contribution < -0.4 is 10.1 Å². The van der Waals surface area contributed by atoms with Crippen molar-refractivity contribution in [2.45, 2.75) is 44.6 Å². The molecule has 162 valence electrons. The fourth-order valence-corrected chi connectivity index (χ4v) is 5.16. The largest absolute Gasteiger partial charge is 0.494 e. The van der Waals surface area contributed by atoms with Gasteiger partial charge in [-0.1, -0.05) is 35.9 Å². The number of hydrogen-bond donors (Lipinski definition) is 1. The Labute approximate surface area is 179 Å². The molecule has 30 heavy (non-hydrogen) atoms. The summed E-state index contributed by atoms with van der Waals surface area (Å²) in [5, 5.41) is 2.97. The molecule has 2 aromatic carbocycles. The third-order valence-corrected chi connectivity index (χ3v) is 7.37. The molecule has 0 spiro atoms. The Morgan fingerprint density at radius 3 is 2.43 bits per heavy atom. The molecule has 3 rings (SSSR count). The summed E-state index contributed by atoms with van der Waals surface area (Å²) in [5.41, 5.74) is 1.98. The molecule has 2 aromatic rings. The van der Waals surface area contributed by atoms with E-state index in [1.165, 1.54) is 4.31 Å². The minimum Gasteiger partial charge on any atom is -0.494 e. The average Bonchev–Trinajstić information content (AvgIpc) is 2.74. The molecule has 1 saturated heterocycles. The summed E-state index contributed by atoms with van der Waals surface area (Å²) >= 11 is 0. The monoisotopic (exact) mass is 430 g/mol. The molecule has 1 heterocycles. The number of hydrogen-bond acceptors (Lipinski definition) is 4. The van der Waals surface area contributed by atoms with Crippen molar-refractivity contribution in [3.05, 3.63) is 59.7 Å². The molecule has 7 heteroatoms. The van der Waals surface area contributed by atoms with Crippen LogP contribution in [0, 0.1) is 12.8 Å². The molecule has 1 fully saturated rings. The van der Waals surface area contributed by atoms with Crippen LogP contribution in [0.1, 0.15) is 37.3 Å². The van der Waals surface area contributed by atoms with Gasteiger partial charge in [-0.15, -0.1) is 0 Å². The molecular formula is C23H30N2O4S. The Bertz CT molecular complexity index is 949. The lowest BCUT2D eigenvalue weighted by Crippen LogP contribution is -2.39. The van der Waals surface area contributed by atoms with E-state index >= 15 is 0 Å². The van der Waals surface area contributed by atoms with E-state index in [1.54, 1.807) is 12.1 Å². The first kappa shape index (κ1) is 22.3. The molecule has 0 aliphatic carbocycles. The number of sulfonamides is 1. The summed E-state index contributed by atoms with van der Waals surface area (Å²) in [5.74, 6) is 0.965. The molecule has 0 saturated carbocycles. The van der Waals surface area contributed by atoms with Gasteiger partial charge in [-0.05, 0) is 50.8 Å². The molecular weight excluding hydrogens is 400 g/mol. The van der Waals surface area contributed by atoms with Crippen LogP contribution in [0.3, 0.4) is 0 Å². The third kappa shape index (κ3) is 5.61. The number of amides is 1. The summed E-state index contributed by atoms with van der Waals surface area (Å²) in [7, 11) is -3.47. The topological polar surface area (TPSA) is 75.7 Å². The van der Waals surface area contributed by atoms with E-state index in [4.69, 9.17) is 4.74 Å². The Kier molecular flexibility index (Phi) is 7.50. The maximum Gasteiger partial charge on any atom is 0.243 e. The molecule has 1 amide bonds. The number of piperidine rings is 1. The summed E-state index contributed by atoms with van der Waals surface area (Å²) in [6, 6.07) is 14.6.